The van der Waals surface area contributed by atoms with Crippen LogP contribution in [0.25, 0.3) is 0 Å². The van der Waals surface area contributed by atoms with Gasteiger partial charge in [-0.3, -0.25) is 0 Å². The van der Waals surface area contributed by atoms with E-state index in [1.807, 2.05) is 0 Å². The zero-order chi connectivity index (χ0) is 35.8. The molecule has 0 saturated heterocycles. The van der Waals surface area contributed by atoms with Crippen LogP contribution in [0, 0.1) is 16.2 Å². The van der Waals surface area contributed by atoms with Crippen molar-refractivity contribution in [3.05, 3.63) is 0 Å². The predicted octanol–water partition coefficient (Wildman–Crippen LogP) is 10.2. The van der Waals surface area contributed by atoms with Gasteiger partial charge in [0.15, 0.2) is 0 Å². The van der Waals surface area contributed by atoms with E-state index in [0.29, 0.717) is 38.5 Å². The number of hydrogen-bond donors (Lipinski definition) is 6. The van der Waals surface area contributed by atoms with E-state index in [1.165, 1.54) is 141 Å². The fraction of sp³-hybridized carbons (Fsp3) is 1.00. The minimum atomic E-state index is -0.625. The van der Waals surface area contributed by atoms with E-state index in [-0.39, 0.29) is 39.6 Å². The van der Waals surface area contributed by atoms with E-state index in [2.05, 4.69) is 0 Å². The molecule has 0 atom stereocenters. The molecule has 0 aromatic carbocycles. The van der Waals surface area contributed by atoms with Crippen LogP contribution >= 0.6 is 0 Å². The molecule has 1 rings (SSSR count). The Morgan fingerprint density at radius 1 is 0.224 bits per heavy atom. The van der Waals surface area contributed by atoms with E-state index in [9.17, 15) is 30.6 Å². The van der Waals surface area contributed by atoms with E-state index in [4.69, 9.17) is 0 Å². The summed E-state index contributed by atoms with van der Waals surface area (Å²) in [7, 11) is 0. The predicted molar refractivity (Wildman–Crippen MR) is 207 cm³/mol. The van der Waals surface area contributed by atoms with Crippen LogP contribution in [0.2, 0.25) is 0 Å². The second-order valence-corrected chi connectivity index (χ2v) is 16.2. The molecule has 6 N–H and O–H groups in total. The summed E-state index contributed by atoms with van der Waals surface area (Å²) in [4.78, 5) is 0. The first-order chi connectivity index (χ1) is 24.1. The van der Waals surface area contributed by atoms with Crippen molar-refractivity contribution >= 4 is 0 Å². The Morgan fingerprint density at radius 3 is 0.551 bits per heavy atom. The molecular formula is C43H86O6. The minimum Gasteiger partial charge on any atom is -0.396 e. The lowest BCUT2D eigenvalue weighted by Gasteiger charge is -2.62. The van der Waals surface area contributed by atoms with Gasteiger partial charge in [-0.15, -0.1) is 0 Å². The summed E-state index contributed by atoms with van der Waals surface area (Å²) in [6.07, 6.45) is 38.2. The standard InChI is InChI=1S/C43H86O6/c44-35-29-41(30-36-45)27-25-23-21-19-17-15-13-11-9-7-5-3-1-2-4-6-8-10-12-14-16-18-20-22-24-26-28-42(31-37-46,32-38-47)43(41,33-39-48)34-40-49/h44-49H,1-40H2. The molecule has 49 heavy (non-hydrogen) atoms. The molecule has 0 bridgehead atoms. The highest BCUT2D eigenvalue weighted by molar-refractivity contribution is 5.08. The monoisotopic (exact) mass is 699 g/mol. The lowest BCUT2D eigenvalue weighted by molar-refractivity contribution is -0.159. The average molecular weight is 699 g/mol. The highest BCUT2D eigenvalue weighted by atomic mass is 16.3. The number of aliphatic hydroxyl groups excluding tert-OH is 6. The number of aliphatic hydroxyl groups is 6. The van der Waals surface area contributed by atoms with Gasteiger partial charge in [0.05, 0.1) is 0 Å². The van der Waals surface area contributed by atoms with Gasteiger partial charge in [-0.05, 0) is 67.6 Å². The van der Waals surface area contributed by atoms with Crippen LogP contribution in [0.4, 0.5) is 0 Å². The van der Waals surface area contributed by atoms with Crippen molar-refractivity contribution in [2.75, 3.05) is 39.6 Å². The Bertz CT molecular complexity index is 630. The number of rotatable bonds is 12. The Kier molecular flexibility index (Phi) is 29.9. The van der Waals surface area contributed by atoms with Crippen molar-refractivity contribution in [3.63, 3.8) is 0 Å². The summed E-state index contributed by atoms with van der Waals surface area (Å²) in [5, 5.41) is 63.4. The van der Waals surface area contributed by atoms with Gasteiger partial charge in [-0.25, -0.2) is 0 Å². The fourth-order valence-corrected chi connectivity index (χ4v) is 10.3. The molecule has 1 saturated carbocycles. The smallest absolute Gasteiger partial charge is 0.0436 e. The second-order valence-electron chi connectivity index (χ2n) is 16.2. The molecule has 1 fully saturated rings. The van der Waals surface area contributed by atoms with Gasteiger partial charge in [0.25, 0.3) is 0 Å². The van der Waals surface area contributed by atoms with Crippen molar-refractivity contribution in [1.29, 1.82) is 0 Å². The van der Waals surface area contributed by atoms with Gasteiger partial charge >= 0.3 is 0 Å². The van der Waals surface area contributed by atoms with Crippen molar-refractivity contribution < 1.29 is 30.6 Å². The number of hydrogen-bond acceptors (Lipinski definition) is 6. The lowest BCUT2D eigenvalue weighted by Crippen LogP contribution is -2.56. The summed E-state index contributed by atoms with van der Waals surface area (Å²) in [6.45, 7) is -0.200. The van der Waals surface area contributed by atoms with Crippen LogP contribution in [-0.2, 0) is 0 Å². The van der Waals surface area contributed by atoms with Crippen LogP contribution in [0.3, 0.4) is 0 Å². The van der Waals surface area contributed by atoms with Gasteiger partial charge < -0.3 is 30.6 Å². The Balaban J connectivity index is 3.15. The van der Waals surface area contributed by atoms with E-state index in [0.717, 1.165) is 38.5 Å². The largest absolute Gasteiger partial charge is 0.396 e. The maximum absolute atomic E-state index is 10.6. The first-order valence-corrected chi connectivity index (χ1v) is 21.7. The normalized spacial score (nSPS) is 22.9. The molecule has 0 aromatic rings. The van der Waals surface area contributed by atoms with Crippen molar-refractivity contribution in [2.24, 2.45) is 16.2 Å². The lowest BCUT2D eigenvalue weighted by atomic mass is 9.42. The molecule has 6 nitrogen and oxygen atoms in total. The highest BCUT2D eigenvalue weighted by Crippen LogP contribution is 2.65. The minimum absolute atomic E-state index is 0.0209. The highest BCUT2D eigenvalue weighted by Gasteiger charge is 2.59. The first-order valence-electron chi connectivity index (χ1n) is 21.7. The summed E-state index contributed by atoms with van der Waals surface area (Å²) in [5.74, 6) is 0. The maximum Gasteiger partial charge on any atom is 0.0436 e. The van der Waals surface area contributed by atoms with Crippen LogP contribution < -0.4 is 0 Å². The first kappa shape index (κ1) is 46.8. The van der Waals surface area contributed by atoms with Crippen molar-refractivity contribution in [3.8, 4) is 0 Å². The molecule has 0 spiro atoms. The van der Waals surface area contributed by atoms with Crippen LogP contribution in [0.15, 0.2) is 0 Å². The molecule has 0 aromatic heterocycles. The Labute approximate surface area is 304 Å². The van der Waals surface area contributed by atoms with Crippen LogP contribution in [0.1, 0.15) is 218 Å². The zero-order valence-electron chi connectivity index (χ0n) is 32.5. The molecule has 0 unspecified atom stereocenters. The summed E-state index contributed by atoms with van der Waals surface area (Å²) in [5.41, 5.74) is -1.64. The summed E-state index contributed by atoms with van der Waals surface area (Å²) in [6, 6.07) is 0. The average Bonchev–Trinajstić information content (AvgIpc) is 3.09. The third-order valence-corrected chi connectivity index (χ3v) is 13.0. The van der Waals surface area contributed by atoms with Crippen molar-refractivity contribution in [2.45, 2.75) is 218 Å². The molecule has 0 heterocycles. The van der Waals surface area contributed by atoms with Gasteiger partial charge in [0.1, 0.15) is 0 Å². The van der Waals surface area contributed by atoms with E-state index < -0.39 is 16.2 Å². The Morgan fingerprint density at radius 2 is 0.388 bits per heavy atom. The van der Waals surface area contributed by atoms with E-state index >= 15 is 0 Å². The zero-order valence-corrected chi connectivity index (χ0v) is 32.5. The molecule has 294 valence electrons. The maximum atomic E-state index is 10.6. The SMILES string of the molecule is OCCC1(CCO)CCCCCCCCCCCCCCCCCCCCCCCCCCCCC(CCO)(CCO)C1(CCO)CCO. The molecule has 0 radical (unpaired) electrons. The Hall–Kier alpha value is -0.240. The molecule has 6 heteroatoms. The van der Waals surface area contributed by atoms with E-state index in [1.54, 1.807) is 0 Å². The van der Waals surface area contributed by atoms with Crippen LogP contribution in [-0.4, -0.2) is 70.3 Å². The molecular weight excluding hydrogens is 612 g/mol. The third kappa shape index (κ3) is 17.9. The second kappa shape index (κ2) is 31.3. The van der Waals surface area contributed by atoms with Gasteiger partial charge in [0.2, 0.25) is 0 Å². The fourth-order valence-electron chi connectivity index (χ4n) is 10.3. The van der Waals surface area contributed by atoms with Gasteiger partial charge in [-0.2, -0.15) is 0 Å². The van der Waals surface area contributed by atoms with Gasteiger partial charge in [0, 0.05) is 39.6 Å². The molecule has 0 aliphatic heterocycles. The van der Waals surface area contributed by atoms with Crippen LogP contribution in [0.5, 0.6) is 0 Å². The quantitative estimate of drug-likeness (QED) is 0.121. The van der Waals surface area contributed by atoms with Gasteiger partial charge in [-0.1, -0.05) is 167 Å². The topological polar surface area (TPSA) is 121 Å². The molecule has 1 aliphatic rings. The van der Waals surface area contributed by atoms with Crippen molar-refractivity contribution in [1.82, 2.24) is 0 Å². The molecule has 1 aliphatic carbocycles. The summed E-state index contributed by atoms with van der Waals surface area (Å²) < 4.78 is 0. The molecule has 0 amide bonds. The summed E-state index contributed by atoms with van der Waals surface area (Å²) >= 11 is 0. The third-order valence-electron chi connectivity index (χ3n) is 13.0.